The molecule has 30 heavy (non-hydrogen) atoms. The molecule has 0 radical (unpaired) electrons. The molecule has 1 heterocycles. The van der Waals surface area contributed by atoms with Crippen molar-refractivity contribution in [3.05, 3.63) is 63.0 Å². The topological polar surface area (TPSA) is 96.0 Å². The van der Waals surface area contributed by atoms with Gasteiger partial charge in [-0.1, -0.05) is 18.3 Å². The van der Waals surface area contributed by atoms with E-state index >= 15 is 0 Å². The molecule has 0 bridgehead atoms. The number of nitro groups is 1. The van der Waals surface area contributed by atoms with Crippen LogP contribution in [0.3, 0.4) is 0 Å². The Morgan fingerprint density at radius 2 is 1.87 bits per heavy atom. The van der Waals surface area contributed by atoms with E-state index in [1.807, 2.05) is 16.7 Å². The van der Waals surface area contributed by atoms with E-state index < -0.39 is 10.8 Å². The average Bonchev–Trinajstić information content (AvgIpc) is 3.07. The molecule has 0 N–H and O–H groups in total. The Morgan fingerprint density at radius 3 is 2.47 bits per heavy atom. The van der Waals surface area contributed by atoms with Gasteiger partial charge >= 0.3 is 0 Å². The first-order valence-corrected chi connectivity index (χ1v) is 10.0. The summed E-state index contributed by atoms with van der Waals surface area (Å²) >= 11 is 1.40. The maximum absolute atomic E-state index is 12.4. The van der Waals surface area contributed by atoms with Gasteiger partial charge in [0.2, 0.25) is 0 Å². The van der Waals surface area contributed by atoms with Crippen molar-refractivity contribution in [1.29, 1.82) is 0 Å². The van der Waals surface area contributed by atoms with E-state index in [-0.39, 0.29) is 5.69 Å². The number of nitro benzene ring substituents is 1. The summed E-state index contributed by atoms with van der Waals surface area (Å²) in [5.41, 5.74) is 1.60. The summed E-state index contributed by atoms with van der Waals surface area (Å²) < 4.78 is 13.7. The lowest BCUT2D eigenvalue weighted by Crippen LogP contribution is -2.16. The Bertz CT molecular complexity index is 1180. The second-order valence-electron chi connectivity index (χ2n) is 6.34. The largest absolute Gasteiger partial charge is 0.493 e. The minimum Gasteiger partial charge on any atom is -0.493 e. The molecule has 0 spiro atoms. The van der Waals surface area contributed by atoms with Crippen molar-refractivity contribution in [3.63, 3.8) is 0 Å². The van der Waals surface area contributed by atoms with Crippen LogP contribution in [0.15, 0.2) is 47.5 Å². The van der Waals surface area contributed by atoms with Crippen molar-refractivity contribution in [2.24, 2.45) is 4.99 Å². The number of fused-ring (bicyclic) bond motifs is 1. The number of rotatable bonds is 7. The number of aryl methyl sites for hydroxylation is 1. The lowest BCUT2D eigenvalue weighted by atomic mass is 10.2. The molecule has 0 aliphatic rings. The molecule has 0 saturated carbocycles. The Balaban J connectivity index is 1.96. The lowest BCUT2D eigenvalue weighted by Gasteiger charge is -2.08. The Hall–Kier alpha value is -3.46. The normalized spacial score (nSPS) is 11.9. The number of hydrogen-bond donors (Lipinski definition) is 0. The number of hydrogen-bond acceptors (Lipinski definition) is 6. The summed E-state index contributed by atoms with van der Waals surface area (Å²) in [5.74, 6) is 0.818. The number of ether oxygens (including phenoxy) is 2. The summed E-state index contributed by atoms with van der Waals surface area (Å²) in [6.07, 6.45) is 3.81. The average molecular weight is 427 g/mol. The van der Waals surface area contributed by atoms with Crippen LogP contribution in [0, 0.1) is 10.1 Å². The maximum atomic E-state index is 12.4. The minimum absolute atomic E-state index is 0.0000895. The lowest BCUT2D eigenvalue weighted by molar-refractivity contribution is -0.384. The van der Waals surface area contributed by atoms with Gasteiger partial charge in [0.15, 0.2) is 16.3 Å². The number of carbonyl (C=O) groups excluding carboxylic acids is 1. The van der Waals surface area contributed by atoms with Crippen LogP contribution in [0.2, 0.25) is 0 Å². The van der Waals surface area contributed by atoms with Crippen molar-refractivity contribution in [1.82, 2.24) is 4.57 Å². The molecule has 8 nitrogen and oxygen atoms in total. The molecular weight excluding hydrogens is 406 g/mol. The van der Waals surface area contributed by atoms with Crippen molar-refractivity contribution in [3.8, 4) is 11.5 Å². The van der Waals surface area contributed by atoms with E-state index in [1.165, 1.54) is 29.5 Å². The van der Waals surface area contributed by atoms with Gasteiger partial charge in [0.1, 0.15) is 0 Å². The zero-order valence-corrected chi connectivity index (χ0v) is 17.6. The highest BCUT2D eigenvalue weighted by Crippen LogP contribution is 2.33. The molecule has 2 aromatic carbocycles. The second-order valence-corrected chi connectivity index (χ2v) is 7.35. The van der Waals surface area contributed by atoms with E-state index in [0.29, 0.717) is 28.4 Å². The third-order valence-corrected chi connectivity index (χ3v) is 5.40. The predicted molar refractivity (Wildman–Crippen MR) is 116 cm³/mol. The zero-order valence-electron chi connectivity index (χ0n) is 16.8. The Labute approximate surface area is 176 Å². The first-order chi connectivity index (χ1) is 14.5. The molecule has 156 valence electrons. The van der Waals surface area contributed by atoms with Gasteiger partial charge < -0.3 is 14.0 Å². The van der Waals surface area contributed by atoms with Crippen LogP contribution in [0.5, 0.6) is 11.5 Å². The fourth-order valence-electron chi connectivity index (χ4n) is 2.93. The number of carbonyl (C=O) groups is 1. The van der Waals surface area contributed by atoms with Crippen LogP contribution >= 0.6 is 11.3 Å². The van der Waals surface area contributed by atoms with Crippen LogP contribution in [0.4, 0.5) is 5.69 Å². The molecule has 1 amide bonds. The monoisotopic (exact) mass is 427 g/mol. The SMILES string of the molecule is CCCn1c(=NC(=O)C=Cc2ccc([N+](=O)[O-])cc2)sc2cc(OC)c(OC)cc21. The molecular formula is C21H21N3O5S. The molecule has 3 rings (SSSR count). The number of aromatic nitrogens is 1. The van der Waals surface area contributed by atoms with Crippen LogP contribution in [-0.4, -0.2) is 29.6 Å². The Morgan fingerprint density at radius 1 is 1.20 bits per heavy atom. The van der Waals surface area contributed by atoms with Gasteiger partial charge in [-0.05, 0) is 30.2 Å². The highest BCUT2D eigenvalue weighted by Gasteiger charge is 2.12. The molecule has 3 aromatic rings. The molecule has 0 atom stereocenters. The number of thiazole rings is 1. The predicted octanol–water partition coefficient (Wildman–Crippen LogP) is 4.18. The van der Waals surface area contributed by atoms with Crippen molar-refractivity contribution in [2.45, 2.75) is 19.9 Å². The summed E-state index contributed by atoms with van der Waals surface area (Å²) in [5, 5.41) is 10.7. The molecule has 0 aliphatic heterocycles. The van der Waals surface area contributed by atoms with Crippen LogP contribution in [-0.2, 0) is 11.3 Å². The highest BCUT2D eigenvalue weighted by molar-refractivity contribution is 7.16. The standard InChI is InChI=1S/C21H21N3O5S/c1-4-11-23-16-12-17(28-2)18(29-3)13-19(16)30-21(23)22-20(25)10-7-14-5-8-15(9-6-14)24(26)27/h5-10,12-13H,4,11H2,1-3H3. The second kappa shape index (κ2) is 9.36. The highest BCUT2D eigenvalue weighted by atomic mass is 32.1. The van der Waals surface area contributed by atoms with E-state index in [0.717, 1.165) is 16.6 Å². The molecule has 0 unspecified atom stereocenters. The molecule has 0 saturated heterocycles. The van der Waals surface area contributed by atoms with Gasteiger partial charge in [0.25, 0.3) is 11.6 Å². The number of nitrogens with zero attached hydrogens (tertiary/aromatic N) is 3. The third-order valence-electron chi connectivity index (χ3n) is 4.36. The van der Waals surface area contributed by atoms with Crippen LogP contribution in [0.25, 0.3) is 16.3 Å². The number of methoxy groups -OCH3 is 2. The third kappa shape index (κ3) is 4.57. The number of non-ortho nitro benzene ring substituents is 1. The van der Waals surface area contributed by atoms with E-state index in [9.17, 15) is 14.9 Å². The van der Waals surface area contributed by atoms with Gasteiger partial charge in [-0.15, -0.1) is 0 Å². The van der Waals surface area contributed by atoms with Crippen molar-refractivity contribution in [2.75, 3.05) is 14.2 Å². The van der Waals surface area contributed by atoms with E-state index in [4.69, 9.17) is 9.47 Å². The first kappa shape index (κ1) is 21.3. The van der Waals surface area contributed by atoms with E-state index in [2.05, 4.69) is 11.9 Å². The summed E-state index contributed by atoms with van der Waals surface area (Å²) in [6, 6.07) is 9.71. The fourth-order valence-corrected chi connectivity index (χ4v) is 4.00. The van der Waals surface area contributed by atoms with Gasteiger partial charge in [-0.2, -0.15) is 4.99 Å². The summed E-state index contributed by atoms with van der Waals surface area (Å²) in [7, 11) is 3.16. The molecule has 1 aromatic heterocycles. The van der Waals surface area contributed by atoms with Gasteiger partial charge in [0, 0.05) is 36.9 Å². The Kier molecular flexibility index (Phi) is 6.63. The zero-order chi connectivity index (χ0) is 21.7. The van der Waals surface area contributed by atoms with Gasteiger partial charge in [0.05, 0.1) is 29.4 Å². The van der Waals surface area contributed by atoms with Gasteiger partial charge in [-0.25, -0.2) is 0 Å². The molecule has 0 aliphatic carbocycles. The fraction of sp³-hybridized carbons (Fsp3) is 0.238. The smallest absolute Gasteiger partial charge is 0.272 e. The quantitative estimate of drug-likeness (QED) is 0.320. The molecule has 9 heteroatoms. The number of benzene rings is 2. The van der Waals surface area contributed by atoms with E-state index in [1.54, 1.807) is 32.4 Å². The first-order valence-electron chi connectivity index (χ1n) is 9.23. The maximum Gasteiger partial charge on any atom is 0.272 e. The van der Waals surface area contributed by atoms with Crippen LogP contribution < -0.4 is 14.3 Å². The van der Waals surface area contributed by atoms with Crippen molar-refractivity contribution >= 4 is 39.2 Å². The van der Waals surface area contributed by atoms with Gasteiger partial charge in [-0.3, -0.25) is 14.9 Å². The summed E-state index contributed by atoms with van der Waals surface area (Å²) in [6.45, 7) is 2.75. The summed E-state index contributed by atoms with van der Waals surface area (Å²) in [4.78, 5) is 27.5. The minimum atomic E-state index is -0.466. The van der Waals surface area contributed by atoms with Crippen molar-refractivity contribution < 1.29 is 19.2 Å². The van der Waals surface area contributed by atoms with Crippen LogP contribution in [0.1, 0.15) is 18.9 Å². The number of amides is 1. The molecule has 0 fully saturated rings.